The standard InChI is InChI=1S/C20H19Cl2N7/c21-16-4-3-13(10-17(16)22)19-26-12-15(5-7-23)29(19)18-6-9-25-20(28-18)27-14-2-1-8-24-11-14/h3-4,6,9-10,12,14,24H,1-2,5,8,11H2,(H,25,27,28)/t14-/m0/s1. The zero-order chi connectivity index (χ0) is 20.2. The van der Waals surface area contributed by atoms with Crippen molar-refractivity contribution in [2.24, 2.45) is 0 Å². The molecule has 148 valence electrons. The lowest BCUT2D eigenvalue weighted by Gasteiger charge is -2.23. The van der Waals surface area contributed by atoms with Gasteiger partial charge in [0.05, 0.1) is 34.4 Å². The number of nitriles is 1. The van der Waals surface area contributed by atoms with E-state index in [9.17, 15) is 5.26 Å². The highest BCUT2D eigenvalue weighted by Crippen LogP contribution is 2.30. The first kappa shape index (κ1) is 19.6. The number of nitrogens with one attached hydrogen (secondary N) is 2. The molecule has 0 bridgehead atoms. The van der Waals surface area contributed by atoms with Crippen LogP contribution in [0.5, 0.6) is 0 Å². The highest BCUT2D eigenvalue weighted by atomic mass is 35.5. The zero-order valence-corrected chi connectivity index (χ0v) is 17.1. The fourth-order valence-corrected chi connectivity index (χ4v) is 3.69. The Morgan fingerprint density at radius 2 is 2.14 bits per heavy atom. The van der Waals surface area contributed by atoms with Crippen molar-refractivity contribution in [3.8, 4) is 23.3 Å². The summed E-state index contributed by atoms with van der Waals surface area (Å²) in [5.74, 6) is 1.82. The predicted molar refractivity (Wildman–Crippen MR) is 113 cm³/mol. The second-order valence-electron chi connectivity index (χ2n) is 6.80. The fourth-order valence-electron chi connectivity index (χ4n) is 3.39. The molecule has 4 rings (SSSR count). The average Bonchev–Trinajstić information content (AvgIpc) is 3.15. The summed E-state index contributed by atoms with van der Waals surface area (Å²) in [6.07, 6.45) is 5.77. The van der Waals surface area contributed by atoms with E-state index in [0.29, 0.717) is 27.6 Å². The van der Waals surface area contributed by atoms with Crippen molar-refractivity contribution in [1.29, 1.82) is 5.26 Å². The molecule has 1 aliphatic rings. The summed E-state index contributed by atoms with van der Waals surface area (Å²) in [6.45, 7) is 1.92. The minimum Gasteiger partial charge on any atom is -0.350 e. The lowest BCUT2D eigenvalue weighted by Crippen LogP contribution is -2.38. The number of hydrogen-bond acceptors (Lipinski definition) is 6. The van der Waals surface area contributed by atoms with E-state index in [0.717, 1.165) is 37.2 Å². The van der Waals surface area contributed by atoms with Crippen LogP contribution in [0.25, 0.3) is 17.2 Å². The number of aromatic nitrogens is 4. The molecule has 29 heavy (non-hydrogen) atoms. The summed E-state index contributed by atoms with van der Waals surface area (Å²) in [5.41, 5.74) is 1.52. The normalized spacial score (nSPS) is 16.4. The van der Waals surface area contributed by atoms with E-state index in [4.69, 9.17) is 23.2 Å². The van der Waals surface area contributed by atoms with Gasteiger partial charge in [0.15, 0.2) is 0 Å². The Morgan fingerprint density at radius 1 is 1.24 bits per heavy atom. The molecule has 2 aromatic heterocycles. The Labute approximate surface area is 178 Å². The summed E-state index contributed by atoms with van der Waals surface area (Å²) in [7, 11) is 0. The van der Waals surface area contributed by atoms with E-state index >= 15 is 0 Å². The summed E-state index contributed by atoms with van der Waals surface area (Å²) in [6, 6.07) is 9.60. The highest BCUT2D eigenvalue weighted by molar-refractivity contribution is 6.42. The van der Waals surface area contributed by atoms with Gasteiger partial charge in [0.2, 0.25) is 5.95 Å². The quantitative estimate of drug-likeness (QED) is 0.641. The molecule has 9 heteroatoms. The molecule has 0 unspecified atom stereocenters. The second-order valence-corrected chi connectivity index (χ2v) is 7.61. The molecule has 0 amide bonds. The van der Waals surface area contributed by atoms with Crippen molar-refractivity contribution in [2.45, 2.75) is 25.3 Å². The van der Waals surface area contributed by atoms with Gasteiger partial charge in [0.25, 0.3) is 0 Å². The van der Waals surface area contributed by atoms with Crippen LogP contribution in [0.4, 0.5) is 5.95 Å². The maximum absolute atomic E-state index is 9.24. The molecule has 3 aromatic rings. The van der Waals surface area contributed by atoms with Crippen molar-refractivity contribution in [1.82, 2.24) is 24.8 Å². The molecule has 0 saturated carbocycles. The third-order valence-electron chi connectivity index (χ3n) is 4.77. The lowest BCUT2D eigenvalue weighted by molar-refractivity contribution is 0.478. The van der Waals surface area contributed by atoms with Gasteiger partial charge < -0.3 is 10.6 Å². The van der Waals surface area contributed by atoms with Gasteiger partial charge in [-0.05, 0) is 43.7 Å². The Bertz CT molecular complexity index is 1050. The molecule has 1 fully saturated rings. The molecule has 2 N–H and O–H groups in total. The SMILES string of the molecule is N#CCc1cnc(-c2ccc(Cl)c(Cl)c2)n1-c1ccnc(N[C@H]2CCCNC2)n1. The van der Waals surface area contributed by atoms with Crippen LogP contribution in [0.1, 0.15) is 18.5 Å². The third-order valence-corrected chi connectivity index (χ3v) is 5.51. The molecular weight excluding hydrogens is 409 g/mol. The second kappa shape index (κ2) is 8.78. The molecule has 3 heterocycles. The first-order valence-corrected chi connectivity index (χ1v) is 10.1. The molecule has 0 spiro atoms. The molecule has 1 aliphatic heterocycles. The van der Waals surface area contributed by atoms with Gasteiger partial charge in [-0.25, -0.2) is 9.97 Å². The zero-order valence-electron chi connectivity index (χ0n) is 15.6. The average molecular weight is 428 g/mol. The molecule has 0 aliphatic carbocycles. The molecular formula is C20H19Cl2N7. The van der Waals surface area contributed by atoms with Crippen molar-refractivity contribution < 1.29 is 0 Å². The maximum Gasteiger partial charge on any atom is 0.224 e. The summed E-state index contributed by atoms with van der Waals surface area (Å²) < 4.78 is 1.86. The Hall–Kier alpha value is -2.66. The van der Waals surface area contributed by atoms with Gasteiger partial charge in [-0.2, -0.15) is 10.2 Å². The van der Waals surface area contributed by atoms with Crippen molar-refractivity contribution in [3.63, 3.8) is 0 Å². The van der Waals surface area contributed by atoms with Gasteiger partial charge in [0, 0.05) is 24.3 Å². The van der Waals surface area contributed by atoms with Gasteiger partial charge in [-0.15, -0.1) is 0 Å². The Kier molecular flexibility index (Phi) is 5.95. The van der Waals surface area contributed by atoms with Gasteiger partial charge >= 0.3 is 0 Å². The molecule has 1 aromatic carbocycles. The summed E-state index contributed by atoms with van der Waals surface area (Å²) >= 11 is 12.3. The number of halogens is 2. The topological polar surface area (TPSA) is 91.5 Å². The molecule has 0 radical (unpaired) electrons. The number of anilines is 1. The fraction of sp³-hybridized carbons (Fsp3) is 0.300. The predicted octanol–water partition coefficient (Wildman–Crippen LogP) is 3.87. The summed E-state index contributed by atoms with van der Waals surface area (Å²) in [5, 5.41) is 16.9. The number of nitrogens with zero attached hydrogens (tertiary/aromatic N) is 5. The number of imidazole rings is 1. The third kappa shape index (κ3) is 4.35. The number of benzene rings is 1. The monoisotopic (exact) mass is 427 g/mol. The van der Waals surface area contributed by atoms with E-state index in [-0.39, 0.29) is 12.5 Å². The van der Waals surface area contributed by atoms with Crippen molar-refractivity contribution in [2.75, 3.05) is 18.4 Å². The Morgan fingerprint density at radius 3 is 2.90 bits per heavy atom. The van der Waals surface area contributed by atoms with E-state index in [2.05, 4.69) is 31.7 Å². The molecule has 1 atom stereocenters. The number of rotatable bonds is 5. The van der Waals surface area contributed by atoms with Crippen LogP contribution >= 0.6 is 23.2 Å². The van der Waals surface area contributed by atoms with Crippen LogP contribution in [-0.4, -0.2) is 38.7 Å². The Balaban J connectivity index is 1.73. The van der Waals surface area contributed by atoms with E-state index < -0.39 is 0 Å². The minimum absolute atomic E-state index is 0.202. The molecule has 7 nitrogen and oxygen atoms in total. The van der Waals surface area contributed by atoms with Crippen molar-refractivity contribution in [3.05, 3.63) is 52.4 Å². The van der Waals surface area contributed by atoms with Gasteiger partial charge in [-0.1, -0.05) is 23.2 Å². The van der Waals surface area contributed by atoms with Crippen LogP contribution in [0.2, 0.25) is 10.0 Å². The minimum atomic E-state index is 0.202. The van der Waals surface area contributed by atoms with E-state index in [1.165, 1.54) is 0 Å². The van der Waals surface area contributed by atoms with Crippen LogP contribution < -0.4 is 10.6 Å². The molecule has 1 saturated heterocycles. The van der Waals surface area contributed by atoms with E-state index in [1.807, 2.05) is 10.6 Å². The first-order chi connectivity index (χ1) is 14.2. The largest absolute Gasteiger partial charge is 0.350 e. The summed E-state index contributed by atoms with van der Waals surface area (Å²) in [4.78, 5) is 13.6. The maximum atomic E-state index is 9.24. The van der Waals surface area contributed by atoms with Crippen LogP contribution in [0, 0.1) is 11.3 Å². The van der Waals surface area contributed by atoms with Crippen molar-refractivity contribution >= 4 is 29.2 Å². The van der Waals surface area contributed by atoms with Gasteiger partial charge in [0.1, 0.15) is 11.6 Å². The van der Waals surface area contributed by atoms with Crippen LogP contribution in [0.3, 0.4) is 0 Å². The number of hydrogen-bond donors (Lipinski definition) is 2. The van der Waals surface area contributed by atoms with E-state index in [1.54, 1.807) is 30.6 Å². The van der Waals surface area contributed by atoms with Crippen LogP contribution in [-0.2, 0) is 6.42 Å². The van der Waals surface area contributed by atoms with Gasteiger partial charge in [-0.3, -0.25) is 4.57 Å². The number of piperidine rings is 1. The smallest absolute Gasteiger partial charge is 0.224 e. The first-order valence-electron chi connectivity index (χ1n) is 9.35. The lowest BCUT2D eigenvalue weighted by atomic mass is 10.1. The highest BCUT2D eigenvalue weighted by Gasteiger charge is 2.18. The van der Waals surface area contributed by atoms with Crippen LogP contribution in [0.15, 0.2) is 36.7 Å².